The molecule has 2 nitrogen and oxygen atoms in total. The van der Waals surface area contributed by atoms with Crippen LogP contribution in [-0.4, -0.2) is 28.7 Å². The summed E-state index contributed by atoms with van der Waals surface area (Å²) in [7, 11) is 0. The van der Waals surface area contributed by atoms with Gasteiger partial charge in [0.15, 0.2) is 0 Å². The van der Waals surface area contributed by atoms with E-state index >= 15 is 0 Å². The van der Waals surface area contributed by atoms with Crippen molar-refractivity contribution in [2.24, 2.45) is 5.92 Å². The predicted molar refractivity (Wildman–Crippen MR) is 88.0 cm³/mol. The molecule has 0 amide bonds. The van der Waals surface area contributed by atoms with Crippen molar-refractivity contribution in [1.29, 1.82) is 0 Å². The zero-order valence-corrected chi connectivity index (χ0v) is 14.3. The number of hydrogen-bond acceptors (Lipinski definition) is 3. The van der Waals surface area contributed by atoms with Gasteiger partial charge >= 0.3 is 0 Å². The minimum atomic E-state index is -0.0684. The fourth-order valence-electron chi connectivity index (χ4n) is 3.91. The zero-order chi connectivity index (χ0) is 13.9. The van der Waals surface area contributed by atoms with Crippen LogP contribution in [0.1, 0.15) is 49.8 Å². The fourth-order valence-corrected chi connectivity index (χ4v) is 5.41. The van der Waals surface area contributed by atoms with Gasteiger partial charge in [0.2, 0.25) is 0 Å². The first-order valence-electron chi connectivity index (χ1n) is 7.89. The number of hydrogen-bond donors (Lipinski definition) is 1. The molecule has 1 aromatic rings. The second-order valence-electron chi connectivity index (χ2n) is 6.24. The van der Waals surface area contributed by atoms with Crippen molar-refractivity contribution in [2.45, 2.75) is 63.6 Å². The van der Waals surface area contributed by atoms with Crippen LogP contribution in [0, 0.1) is 5.92 Å². The first-order valence-corrected chi connectivity index (χ1v) is 9.57. The lowest BCUT2D eigenvalue weighted by Gasteiger charge is -2.43. The predicted octanol–water partition coefficient (Wildman–Crippen LogP) is 4.42. The van der Waals surface area contributed by atoms with Gasteiger partial charge in [0.1, 0.15) is 0 Å². The highest BCUT2D eigenvalue weighted by Crippen LogP contribution is 2.36. The van der Waals surface area contributed by atoms with Gasteiger partial charge in [-0.2, -0.15) is 0 Å². The van der Waals surface area contributed by atoms with E-state index in [4.69, 9.17) is 0 Å². The summed E-state index contributed by atoms with van der Waals surface area (Å²) in [4.78, 5) is 4.07. The number of piperidine rings is 1. The minimum Gasteiger partial charge on any atom is -0.393 e. The SMILES string of the molecule is OC1CCCCC1C1CCCCN1Cc1sccc1Br. The number of nitrogens with zero attached hydrogens (tertiary/aromatic N) is 1. The lowest BCUT2D eigenvalue weighted by molar-refractivity contribution is -0.00832. The highest BCUT2D eigenvalue weighted by Gasteiger charge is 2.35. The minimum absolute atomic E-state index is 0.0684. The molecule has 3 unspecified atom stereocenters. The zero-order valence-electron chi connectivity index (χ0n) is 11.9. The maximum absolute atomic E-state index is 10.4. The Balaban J connectivity index is 1.71. The summed E-state index contributed by atoms with van der Waals surface area (Å²) < 4.78 is 1.25. The van der Waals surface area contributed by atoms with Crippen molar-refractivity contribution >= 4 is 27.3 Å². The van der Waals surface area contributed by atoms with Gasteiger partial charge in [-0.1, -0.05) is 19.3 Å². The Hall–Kier alpha value is 0.100. The van der Waals surface area contributed by atoms with Crippen molar-refractivity contribution in [3.63, 3.8) is 0 Å². The molecule has 1 aromatic heterocycles. The summed E-state index contributed by atoms with van der Waals surface area (Å²) in [6.07, 6.45) is 8.57. The Bertz CT molecular complexity index is 436. The third kappa shape index (κ3) is 3.29. The maximum atomic E-state index is 10.4. The van der Waals surface area contributed by atoms with Crippen LogP contribution in [0.5, 0.6) is 0 Å². The second kappa shape index (κ2) is 6.91. The largest absolute Gasteiger partial charge is 0.393 e. The van der Waals surface area contributed by atoms with Crippen LogP contribution in [0.3, 0.4) is 0 Å². The molecule has 3 atom stereocenters. The molecule has 4 heteroatoms. The molecule has 112 valence electrons. The molecular formula is C16H24BrNOS. The van der Waals surface area contributed by atoms with Crippen LogP contribution in [0.25, 0.3) is 0 Å². The average molecular weight is 358 g/mol. The van der Waals surface area contributed by atoms with Crippen LogP contribution in [0.4, 0.5) is 0 Å². The van der Waals surface area contributed by atoms with E-state index in [2.05, 4.69) is 32.3 Å². The van der Waals surface area contributed by atoms with Crippen LogP contribution < -0.4 is 0 Å². The highest BCUT2D eigenvalue weighted by molar-refractivity contribution is 9.10. The molecule has 0 bridgehead atoms. The lowest BCUT2D eigenvalue weighted by Crippen LogP contribution is -2.48. The number of thiophene rings is 1. The van der Waals surface area contributed by atoms with Gasteiger partial charge in [0, 0.05) is 27.9 Å². The van der Waals surface area contributed by atoms with Crippen molar-refractivity contribution in [2.75, 3.05) is 6.54 Å². The molecule has 1 aliphatic carbocycles. The first kappa shape index (κ1) is 15.0. The van der Waals surface area contributed by atoms with Crippen LogP contribution in [-0.2, 0) is 6.54 Å². The highest BCUT2D eigenvalue weighted by atomic mass is 79.9. The van der Waals surface area contributed by atoms with Gasteiger partial charge in [-0.25, -0.2) is 0 Å². The summed E-state index contributed by atoms with van der Waals surface area (Å²) >= 11 is 5.50. The summed E-state index contributed by atoms with van der Waals surface area (Å²) in [5.74, 6) is 0.503. The van der Waals surface area contributed by atoms with Gasteiger partial charge in [0.25, 0.3) is 0 Å². The Morgan fingerprint density at radius 2 is 2.00 bits per heavy atom. The summed E-state index contributed by atoms with van der Waals surface area (Å²) in [5, 5.41) is 12.5. The molecule has 1 saturated heterocycles. The summed E-state index contributed by atoms with van der Waals surface area (Å²) in [5.41, 5.74) is 0. The molecule has 1 aliphatic heterocycles. The lowest BCUT2D eigenvalue weighted by atomic mass is 9.78. The monoisotopic (exact) mass is 357 g/mol. The first-order chi connectivity index (χ1) is 9.75. The van der Waals surface area contributed by atoms with Crippen molar-refractivity contribution in [3.8, 4) is 0 Å². The van der Waals surface area contributed by atoms with Crippen molar-refractivity contribution in [3.05, 3.63) is 20.8 Å². The normalized spacial score (nSPS) is 32.4. The number of likely N-dealkylation sites (tertiary alicyclic amines) is 1. The molecule has 2 heterocycles. The molecule has 0 radical (unpaired) electrons. The van der Waals surface area contributed by atoms with E-state index in [9.17, 15) is 5.11 Å². The fraction of sp³-hybridized carbons (Fsp3) is 0.750. The maximum Gasteiger partial charge on any atom is 0.0583 e. The standard InChI is InChI=1S/C16H24BrNOS/c17-13-8-10-20-16(13)11-18-9-4-3-6-14(18)12-5-1-2-7-15(12)19/h8,10,12,14-15,19H,1-7,9,11H2. The third-order valence-electron chi connectivity index (χ3n) is 4.98. The average Bonchev–Trinajstić information content (AvgIpc) is 2.86. The van der Waals surface area contributed by atoms with Gasteiger partial charge in [-0.3, -0.25) is 4.90 Å². The van der Waals surface area contributed by atoms with Crippen LogP contribution >= 0.6 is 27.3 Å². The van der Waals surface area contributed by atoms with Gasteiger partial charge in [-0.15, -0.1) is 11.3 Å². The van der Waals surface area contributed by atoms with E-state index < -0.39 is 0 Å². The van der Waals surface area contributed by atoms with Crippen LogP contribution in [0.15, 0.2) is 15.9 Å². The Labute approximate surface area is 134 Å². The molecule has 0 aromatic carbocycles. The Morgan fingerprint density at radius 1 is 1.20 bits per heavy atom. The van der Waals surface area contributed by atoms with Crippen molar-refractivity contribution < 1.29 is 5.11 Å². The van der Waals surface area contributed by atoms with E-state index in [1.807, 2.05) is 11.3 Å². The molecule has 1 saturated carbocycles. The van der Waals surface area contributed by atoms with E-state index in [0.29, 0.717) is 12.0 Å². The van der Waals surface area contributed by atoms with Crippen molar-refractivity contribution in [1.82, 2.24) is 4.90 Å². The molecule has 3 rings (SSSR count). The molecular weight excluding hydrogens is 334 g/mol. The third-order valence-corrected chi connectivity index (χ3v) is 6.89. The quantitative estimate of drug-likeness (QED) is 0.865. The Morgan fingerprint density at radius 3 is 2.75 bits per heavy atom. The molecule has 2 aliphatic rings. The number of rotatable bonds is 3. The number of aliphatic hydroxyl groups excluding tert-OH is 1. The summed E-state index contributed by atoms with van der Waals surface area (Å²) in [6, 6.07) is 2.74. The van der Waals surface area contributed by atoms with E-state index in [-0.39, 0.29) is 6.10 Å². The van der Waals surface area contributed by atoms with Crippen LogP contribution in [0.2, 0.25) is 0 Å². The topological polar surface area (TPSA) is 23.5 Å². The molecule has 2 fully saturated rings. The molecule has 1 N–H and O–H groups in total. The number of halogens is 1. The summed E-state index contributed by atoms with van der Waals surface area (Å²) in [6.45, 7) is 2.24. The molecule has 0 spiro atoms. The number of aliphatic hydroxyl groups is 1. The van der Waals surface area contributed by atoms with E-state index in [1.165, 1.54) is 54.4 Å². The van der Waals surface area contributed by atoms with E-state index in [1.54, 1.807) is 0 Å². The Kier molecular flexibility index (Phi) is 5.18. The smallest absolute Gasteiger partial charge is 0.0583 e. The van der Waals surface area contributed by atoms with Gasteiger partial charge < -0.3 is 5.11 Å². The van der Waals surface area contributed by atoms with Gasteiger partial charge in [0.05, 0.1) is 6.10 Å². The van der Waals surface area contributed by atoms with E-state index in [0.717, 1.165) is 13.0 Å². The molecule has 20 heavy (non-hydrogen) atoms. The second-order valence-corrected chi connectivity index (χ2v) is 8.10. The van der Waals surface area contributed by atoms with Gasteiger partial charge in [-0.05, 0) is 59.6 Å².